The predicted molar refractivity (Wildman–Crippen MR) is 135 cm³/mol. The van der Waals surface area contributed by atoms with E-state index in [4.69, 9.17) is 6.03 Å². The molecule has 2 rings (SSSR count). The van der Waals surface area contributed by atoms with Crippen molar-refractivity contribution in [1.29, 1.82) is 0 Å². The molecule has 0 bridgehead atoms. The van der Waals surface area contributed by atoms with E-state index in [1.807, 2.05) is 65.8 Å². The molecule has 0 aromatic heterocycles. The summed E-state index contributed by atoms with van der Waals surface area (Å²) < 4.78 is 12.6. The Balaban J connectivity index is 2.57. The Morgan fingerprint density at radius 2 is 0.938 bits per heavy atom. The third-order valence-electron chi connectivity index (χ3n) is 6.37. The monoisotopic (exact) mass is 544 g/mol. The number of rotatable bonds is 9. The van der Waals surface area contributed by atoms with Crippen LogP contribution in [0.1, 0.15) is 73.4 Å². The van der Waals surface area contributed by atoms with Gasteiger partial charge in [-0.05, 0) is 0 Å². The van der Waals surface area contributed by atoms with E-state index in [-0.39, 0.29) is 11.6 Å². The number of hydrogen-bond donors (Lipinski definition) is 0. The van der Waals surface area contributed by atoms with Crippen molar-refractivity contribution in [2.45, 2.75) is 53.1 Å². The van der Waals surface area contributed by atoms with E-state index in [0.717, 1.165) is 11.1 Å². The first-order valence-corrected chi connectivity index (χ1v) is 17.5. The molecule has 0 atom stereocenters. The van der Waals surface area contributed by atoms with Crippen LogP contribution in [0.15, 0.2) is 61.7 Å². The van der Waals surface area contributed by atoms with Gasteiger partial charge < -0.3 is 0 Å². The summed E-state index contributed by atoms with van der Waals surface area (Å²) in [6.45, 7) is 19.5. The molecule has 4 nitrogen and oxygen atoms in total. The van der Waals surface area contributed by atoms with Crippen molar-refractivity contribution in [1.82, 2.24) is 0 Å². The molecule has 0 radical (unpaired) electrons. The summed E-state index contributed by atoms with van der Waals surface area (Å²) in [6.07, 6.45) is 3.44. The van der Waals surface area contributed by atoms with Crippen molar-refractivity contribution in [3.05, 3.63) is 83.9 Å². The first-order chi connectivity index (χ1) is 15.0. The van der Waals surface area contributed by atoms with Gasteiger partial charge in [0.05, 0.1) is 0 Å². The number of hydrogen-bond acceptors (Lipinski definition) is 4. The van der Waals surface area contributed by atoms with E-state index in [2.05, 4.69) is 13.2 Å². The van der Waals surface area contributed by atoms with E-state index in [1.54, 1.807) is 36.4 Å². The van der Waals surface area contributed by atoms with Crippen molar-refractivity contribution in [3.8, 4) is 0 Å². The Morgan fingerprint density at radius 1 is 0.656 bits per heavy atom. The van der Waals surface area contributed by atoms with E-state index in [9.17, 15) is 9.59 Å². The molecule has 0 aliphatic rings. The van der Waals surface area contributed by atoms with Gasteiger partial charge in [0.2, 0.25) is 0 Å². The zero-order valence-electron chi connectivity index (χ0n) is 20.0. The Hall–Kier alpha value is -2.32. The fourth-order valence-electron chi connectivity index (χ4n) is 4.41. The van der Waals surface area contributed by atoms with Gasteiger partial charge in [-0.1, -0.05) is 0 Å². The van der Waals surface area contributed by atoms with Gasteiger partial charge in [0.25, 0.3) is 0 Å². The minimum absolute atomic E-state index is 0.115. The molecule has 0 fully saturated rings. The van der Waals surface area contributed by atoms with E-state index in [1.165, 1.54) is 0 Å². The summed E-state index contributed by atoms with van der Waals surface area (Å²) in [6, 6.07) is 14.2. The number of benzene rings is 2. The zero-order valence-corrected chi connectivity index (χ0v) is 22.6. The summed E-state index contributed by atoms with van der Waals surface area (Å²) in [5, 5.41) is 0. The van der Waals surface area contributed by atoms with Crippen LogP contribution >= 0.6 is 0 Å². The third kappa shape index (κ3) is 4.57. The van der Waals surface area contributed by atoms with Crippen LogP contribution in [-0.2, 0) is 6.03 Å². The molecule has 0 N–H and O–H groups in total. The second kappa shape index (κ2) is 10.1. The number of carbonyl (C=O) groups excluding carboxylic acids is 2. The summed E-state index contributed by atoms with van der Waals surface area (Å²) in [7, 11) is 0. The maximum absolute atomic E-state index is 13.4. The van der Waals surface area contributed by atoms with Gasteiger partial charge in [0, 0.05) is 0 Å². The van der Waals surface area contributed by atoms with Crippen LogP contribution in [-0.4, -0.2) is 30.2 Å². The molecule has 5 heteroatoms. The average molecular weight is 545 g/mol. The molecule has 0 saturated heterocycles. The fraction of sp³-hybridized carbons (Fsp3) is 0.333. The molecule has 0 spiro atoms. The van der Waals surface area contributed by atoms with Crippen LogP contribution in [0.5, 0.6) is 0 Å². The standard InChI is InChI=1S/2C9H8O2.3C3H7.Sb/c2*1-2-7-3-5-8(6-4-7)9(10)11;3*1-3-2;/h2*2-6H,1H2,(H,10,11);3*3H,1-2H3;/q;;;;;+2/p-2. The van der Waals surface area contributed by atoms with Crippen molar-refractivity contribution in [3.63, 3.8) is 0 Å². The Kier molecular flexibility index (Phi) is 8.17. The van der Waals surface area contributed by atoms with Gasteiger partial charge in [-0.2, -0.15) is 0 Å². The molecule has 0 aliphatic heterocycles. The van der Waals surface area contributed by atoms with Gasteiger partial charge in [-0.3, -0.25) is 0 Å². The molecular formula is C27H35O4Sb. The Labute approximate surface area is 194 Å². The topological polar surface area (TPSA) is 52.6 Å². The Morgan fingerprint density at radius 3 is 1.16 bits per heavy atom. The first-order valence-electron chi connectivity index (χ1n) is 11.0. The zero-order chi connectivity index (χ0) is 24.1. The molecule has 32 heavy (non-hydrogen) atoms. The third-order valence-corrected chi connectivity index (χ3v) is 27.0. The molecule has 172 valence electrons. The summed E-state index contributed by atoms with van der Waals surface area (Å²) in [5.74, 6) is -0.901. The first kappa shape index (κ1) is 25.9. The molecule has 2 aromatic carbocycles. The molecule has 0 aliphatic carbocycles. The average Bonchev–Trinajstić information content (AvgIpc) is 2.78. The van der Waals surface area contributed by atoms with Gasteiger partial charge in [0.1, 0.15) is 0 Å². The second-order valence-electron chi connectivity index (χ2n) is 8.85. The van der Waals surface area contributed by atoms with Crippen LogP contribution in [0.3, 0.4) is 0 Å². The fourth-order valence-corrected chi connectivity index (χ4v) is 21.0. The Bertz CT molecular complexity index is 891. The molecular weight excluding hydrogens is 510 g/mol. The van der Waals surface area contributed by atoms with E-state index >= 15 is 0 Å². The molecule has 0 amide bonds. The van der Waals surface area contributed by atoms with Gasteiger partial charge >= 0.3 is 195 Å². The SMILES string of the molecule is C=Cc1ccc(C(=O)[O][Sb]([O]C(=O)c2ccc(C=C)cc2)([CH](C)C)([CH](C)C)[CH](C)C)cc1. The number of carbonyl (C=O) groups is 2. The summed E-state index contributed by atoms with van der Waals surface area (Å²) in [4.78, 5) is 26.8. The van der Waals surface area contributed by atoms with Crippen LogP contribution in [0.4, 0.5) is 0 Å². The van der Waals surface area contributed by atoms with Gasteiger partial charge in [-0.15, -0.1) is 0 Å². The van der Waals surface area contributed by atoms with Crippen molar-refractivity contribution >= 4 is 42.3 Å². The van der Waals surface area contributed by atoms with Crippen LogP contribution in [0, 0.1) is 0 Å². The van der Waals surface area contributed by atoms with Crippen molar-refractivity contribution in [2.24, 2.45) is 0 Å². The van der Waals surface area contributed by atoms with Gasteiger partial charge in [0.15, 0.2) is 0 Å². The van der Waals surface area contributed by atoms with E-state index in [0.29, 0.717) is 11.1 Å². The maximum atomic E-state index is 13.4. The normalized spacial score (nSPS) is 12.8. The van der Waals surface area contributed by atoms with Crippen LogP contribution < -0.4 is 0 Å². The minimum atomic E-state index is -4.93. The summed E-state index contributed by atoms with van der Waals surface area (Å²) in [5.41, 5.74) is 2.69. The molecule has 0 unspecified atom stereocenters. The van der Waals surface area contributed by atoms with Crippen LogP contribution in [0.2, 0.25) is 11.6 Å². The summed E-state index contributed by atoms with van der Waals surface area (Å²) >= 11 is -4.93. The molecule has 2 aromatic rings. The molecule has 0 heterocycles. The van der Waals surface area contributed by atoms with Crippen molar-refractivity contribution in [2.75, 3.05) is 0 Å². The van der Waals surface area contributed by atoms with Gasteiger partial charge in [-0.25, -0.2) is 0 Å². The van der Waals surface area contributed by atoms with Crippen molar-refractivity contribution < 1.29 is 15.6 Å². The second-order valence-corrected chi connectivity index (χ2v) is 25.3. The molecule has 0 saturated carbocycles. The predicted octanol–water partition coefficient (Wildman–Crippen LogP) is 7.61. The quantitative estimate of drug-likeness (QED) is 0.305. The van der Waals surface area contributed by atoms with Crippen LogP contribution in [0.25, 0.3) is 12.2 Å². The van der Waals surface area contributed by atoms with E-state index < -0.39 is 30.2 Å².